The summed E-state index contributed by atoms with van der Waals surface area (Å²) in [4.78, 5) is 12.6. The first-order chi connectivity index (χ1) is 9.52. The van der Waals surface area contributed by atoms with E-state index in [1.54, 1.807) is 18.2 Å². The van der Waals surface area contributed by atoms with Gasteiger partial charge in [-0.05, 0) is 30.7 Å². The molecular weight excluding hydrogens is 382 g/mol. The normalized spacial score (nSPS) is 11.7. The number of nitriles is 1. The fourth-order valence-corrected chi connectivity index (χ4v) is 3.22. The fraction of sp³-hybridized carbons (Fsp3) is 0.125. The molecule has 2 rings (SSSR count). The second-order valence-electron chi connectivity index (χ2n) is 4.46. The number of aryl methyl sites for hydroxylation is 1. The number of nitrogens with zero attached hydrogens (tertiary/aromatic N) is 1. The van der Waals surface area contributed by atoms with Crippen LogP contribution < -0.4 is 0 Å². The Hall–Kier alpha value is -1.44. The van der Waals surface area contributed by atoms with E-state index in [2.05, 4.69) is 37.9 Å². The highest BCUT2D eigenvalue weighted by Crippen LogP contribution is 2.28. The molecule has 1 unspecified atom stereocenters. The number of halogens is 2. The molecule has 0 aliphatic carbocycles. The molecule has 0 bridgehead atoms. The summed E-state index contributed by atoms with van der Waals surface area (Å²) in [5.41, 5.74) is 2.28. The van der Waals surface area contributed by atoms with E-state index in [0.717, 1.165) is 15.6 Å². The third-order valence-corrected chi connectivity index (χ3v) is 4.11. The van der Waals surface area contributed by atoms with E-state index in [9.17, 15) is 10.1 Å². The van der Waals surface area contributed by atoms with Gasteiger partial charge in [-0.25, -0.2) is 0 Å². The van der Waals surface area contributed by atoms with Crippen molar-refractivity contribution in [2.75, 3.05) is 0 Å². The fourth-order valence-electron chi connectivity index (χ4n) is 1.98. The minimum atomic E-state index is -0.785. The first-order valence-corrected chi connectivity index (χ1v) is 7.57. The summed E-state index contributed by atoms with van der Waals surface area (Å²) in [6.45, 7) is 1.94. The smallest absolute Gasteiger partial charge is 0.185 e. The summed E-state index contributed by atoms with van der Waals surface area (Å²) in [7, 11) is 0. The number of ketones is 1. The van der Waals surface area contributed by atoms with Crippen LogP contribution in [0.15, 0.2) is 51.4 Å². The van der Waals surface area contributed by atoms with Crippen molar-refractivity contribution in [3.63, 3.8) is 0 Å². The summed E-state index contributed by atoms with van der Waals surface area (Å²) < 4.78 is 1.56. The Kier molecular flexibility index (Phi) is 4.74. The van der Waals surface area contributed by atoms with E-state index in [1.807, 2.05) is 31.2 Å². The zero-order valence-electron chi connectivity index (χ0n) is 10.7. The number of carbonyl (C=O) groups is 1. The molecule has 0 amide bonds. The minimum Gasteiger partial charge on any atom is -0.292 e. The molecule has 20 heavy (non-hydrogen) atoms. The Labute approximate surface area is 134 Å². The molecule has 1 atom stereocenters. The molecule has 0 aliphatic rings. The Morgan fingerprint density at radius 1 is 1.20 bits per heavy atom. The Morgan fingerprint density at radius 3 is 2.55 bits per heavy atom. The lowest BCUT2D eigenvalue weighted by molar-refractivity contribution is 0.0978. The molecule has 0 saturated heterocycles. The van der Waals surface area contributed by atoms with Crippen LogP contribution in [-0.4, -0.2) is 5.78 Å². The standard InChI is InChI=1S/C16H11Br2NO/c1-10-3-2-4-11(7-10)14(9-19)16(20)13-6-5-12(17)8-15(13)18/h2-8,14H,1H3. The SMILES string of the molecule is Cc1cccc(C(C#N)C(=O)c2ccc(Br)cc2Br)c1. The molecule has 0 saturated carbocycles. The van der Waals surface area contributed by atoms with Crippen LogP contribution in [0.4, 0.5) is 0 Å². The van der Waals surface area contributed by atoms with Crippen molar-refractivity contribution in [1.82, 2.24) is 0 Å². The van der Waals surface area contributed by atoms with Crippen LogP contribution in [0.2, 0.25) is 0 Å². The van der Waals surface area contributed by atoms with Gasteiger partial charge in [0.2, 0.25) is 0 Å². The van der Waals surface area contributed by atoms with Crippen LogP contribution in [0.3, 0.4) is 0 Å². The van der Waals surface area contributed by atoms with Crippen molar-refractivity contribution in [3.05, 3.63) is 68.1 Å². The van der Waals surface area contributed by atoms with Crippen molar-refractivity contribution < 1.29 is 4.79 Å². The lowest BCUT2D eigenvalue weighted by Crippen LogP contribution is -2.12. The molecule has 0 aliphatic heterocycles. The van der Waals surface area contributed by atoms with Crippen molar-refractivity contribution in [1.29, 1.82) is 5.26 Å². The predicted molar refractivity (Wildman–Crippen MR) is 85.7 cm³/mol. The maximum Gasteiger partial charge on any atom is 0.185 e. The lowest BCUT2D eigenvalue weighted by Gasteiger charge is -2.11. The van der Waals surface area contributed by atoms with Gasteiger partial charge in [-0.3, -0.25) is 4.79 Å². The number of hydrogen-bond donors (Lipinski definition) is 0. The summed E-state index contributed by atoms with van der Waals surface area (Å²) in [5, 5.41) is 9.35. The van der Waals surface area contributed by atoms with Gasteiger partial charge in [-0.2, -0.15) is 5.26 Å². The summed E-state index contributed by atoms with van der Waals surface area (Å²) in [6, 6.07) is 14.9. The van der Waals surface area contributed by atoms with Crippen LogP contribution in [0, 0.1) is 18.3 Å². The number of rotatable bonds is 3. The van der Waals surface area contributed by atoms with Gasteiger partial charge in [0.15, 0.2) is 5.78 Å². The van der Waals surface area contributed by atoms with Crippen molar-refractivity contribution >= 4 is 37.6 Å². The van der Waals surface area contributed by atoms with Crippen molar-refractivity contribution in [2.45, 2.75) is 12.8 Å². The van der Waals surface area contributed by atoms with Gasteiger partial charge in [0.05, 0.1) is 6.07 Å². The molecule has 2 aromatic carbocycles. The topological polar surface area (TPSA) is 40.9 Å². The molecule has 4 heteroatoms. The van der Waals surface area contributed by atoms with E-state index in [0.29, 0.717) is 10.0 Å². The molecule has 0 heterocycles. The van der Waals surface area contributed by atoms with Crippen LogP contribution >= 0.6 is 31.9 Å². The van der Waals surface area contributed by atoms with E-state index < -0.39 is 5.92 Å². The van der Waals surface area contributed by atoms with Gasteiger partial charge in [0.1, 0.15) is 5.92 Å². The molecule has 2 aromatic rings. The Bertz CT molecular complexity index is 704. The molecule has 0 N–H and O–H groups in total. The molecule has 0 spiro atoms. The monoisotopic (exact) mass is 391 g/mol. The molecule has 0 radical (unpaired) electrons. The van der Waals surface area contributed by atoms with Gasteiger partial charge in [0.25, 0.3) is 0 Å². The lowest BCUT2D eigenvalue weighted by atomic mass is 9.91. The zero-order chi connectivity index (χ0) is 14.7. The van der Waals surface area contributed by atoms with Crippen LogP contribution in [0.1, 0.15) is 27.4 Å². The molecule has 0 aromatic heterocycles. The largest absolute Gasteiger partial charge is 0.292 e. The first kappa shape index (κ1) is 15.0. The van der Waals surface area contributed by atoms with Gasteiger partial charge in [0, 0.05) is 14.5 Å². The van der Waals surface area contributed by atoms with E-state index >= 15 is 0 Å². The minimum absolute atomic E-state index is 0.197. The number of benzene rings is 2. The highest BCUT2D eigenvalue weighted by molar-refractivity contribution is 9.11. The third kappa shape index (κ3) is 3.17. The van der Waals surface area contributed by atoms with Gasteiger partial charge >= 0.3 is 0 Å². The van der Waals surface area contributed by atoms with Crippen LogP contribution in [0.25, 0.3) is 0 Å². The van der Waals surface area contributed by atoms with Gasteiger partial charge in [-0.1, -0.05) is 61.7 Å². The third-order valence-electron chi connectivity index (χ3n) is 2.96. The average Bonchev–Trinajstić information content (AvgIpc) is 2.39. The quantitative estimate of drug-likeness (QED) is 0.688. The van der Waals surface area contributed by atoms with E-state index in [1.165, 1.54) is 0 Å². The Morgan fingerprint density at radius 2 is 1.95 bits per heavy atom. The van der Waals surface area contributed by atoms with E-state index in [4.69, 9.17) is 0 Å². The predicted octanol–water partition coefficient (Wildman–Crippen LogP) is 5.01. The molecule has 100 valence electrons. The van der Waals surface area contributed by atoms with Gasteiger partial charge in [-0.15, -0.1) is 0 Å². The zero-order valence-corrected chi connectivity index (χ0v) is 13.9. The van der Waals surface area contributed by atoms with E-state index in [-0.39, 0.29) is 5.78 Å². The van der Waals surface area contributed by atoms with Gasteiger partial charge < -0.3 is 0 Å². The second kappa shape index (κ2) is 6.34. The molecular formula is C16H11Br2NO. The summed E-state index contributed by atoms with van der Waals surface area (Å²) >= 11 is 6.72. The summed E-state index contributed by atoms with van der Waals surface area (Å²) in [5.74, 6) is -0.982. The van der Waals surface area contributed by atoms with Crippen LogP contribution in [0.5, 0.6) is 0 Å². The molecule has 2 nitrogen and oxygen atoms in total. The molecule has 0 fully saturated rings. The second-order valence-corrected chi connectivity index (χ2v) is 6.23. The number of hydrogen-bond acceptors (Lipinski definition) is 2. The van der Waals surface area contributed by atoms with Crippen molar-refractivity contribution in [2.24, 2.45) is 0 Å². The Balaban J connectivity index is 2.42. The first-order valence-electron chi connectivity index (χ1n) is 5.98. The van der Waals surface area contributed by atoms with Crippen LogP contribution in [-0.2, 0) is 0 Å². The number of Topliss-reactive ketones (excluding diaryl/α,β-unsaturated/α-hetero) is 1. The number of carbonyl (C=O) groups excluding carboxylic acids is 1. The highest BCUT2D eigenvalue weighted by atomic mass is 79.9. The average molecular weight is 393 g/mol. The summed E-state index contributed by atoms with van der Waals surface area (Å²) in [6.07, 6.45) is 0. The van der Waals surface area contributed by atoms with Crippen molar-refractivity contribution in [3.8, 4) is 6.07 Å². The maximum atomic E-state index is 12.6. The highest BCUT2D eigenvalue weighted by Gasteiger charge is 2.23. The maximum absolute atomic E-state index is 12.6.